The van der Waals surface area contributed by atoms with Crippen molar-refractivity contribution in [2.45, 2.75) is 20.8 Å². The van der Waals surface area contributed by atoms with Crippen LogP contribution in [0.2, 0.25) is 0 Å². The Morgan fingerprint density at radius 2 is 1.97 bits per heavy atom. The summed E-state index contributed by atoms with van der Waals surface area (Å²) in [5, 5.41) is 9.95. The van der Waals surface area contributed by atoms with Gasteiger partial charge in [-0.2, -0.15) is 0 Å². The third-order valence-electron chi connectivity index (χ3n) is 5.37. The molecule has 1 N–H and O–H groups in total. The van der Waals surface area contributed by atoms with Gasteiger partial charge in [-0.1, -0.05) is 5.21 Å². The van der Waals surface area contributed by atoms with Crippen molar-refractivity contribution < 1.29 is 9.53 Å². The van der Waals surface area contributed by atoms with Crippen LogP contribution >= 0.6 is 0 Å². The molecule has 4 rings (SSSR count). The lowest BCUT2D eigenvalue weighted by atomic mass is 10.2. The monoisotopic (exact) mass is 413 g/mol. The lowest BCUT2D eigenvalue weighted by Crippen LogP contribution is -2.44. The van der Waals surface area contributed by atoms with Gasteiger partial charge in [-0.15, -0.1) is 5.10 Å². The molecule has 9 heteroatoms. The van der Waals surface area contributed by atoms with Crippen LogP contribution in [0, 0.1) is 0 Å². The second-order valence-corrected chi connectivity index (χ2v) is 7.36. The molecule has 30 heavy (non-hydrogen) atoms. The van der Waals surface area contributed by atoms with Crippen LogP contribution in [0.1, 0.15) is 31.1 Å². The molecule has 9 nitrogen and oxygen atoms in total. The molecule has 1 fully saturated rings. The summed E-state index contributed by atoms with van der Waals surface area (Å²) in [6.45, 7) is 13.4. The first-order valence-electron chi connectivity index (χ1n) is 10.4. The van der Waals surface area contributed by atoms with Crippen molar-refractivity contribution in [1.82, 2.24) is 35.1 Å². The average Bonchev–Trinajstić information content (AvgIpc) is 3.24. The van der Waals surface area contributed by atoms with Crippen molar-refractivity contribution in [3.8, 4) is 0 Å². The smallest absolute Gasteiger partial charge is 0.341 e. The number of nitrogens with one attached hydrogen (secondary N) is 1. The number of piperazine rings is 1. The van der Waals surface area contributed by atoms with E-state index in [2.05, 4.69) is 68.1 Å². The molecule has 0 atom stereocenters. The number of nitrogens with zero attached hydrogens (tertiary/aromatic N) is 6. The third kappa shape index (κ3) is 5.15. The van der Waals surface area contributed by atoms with Crippen LogP contribution in [0.25, 0.3) is 11.0 Å². The first-order valence-corrected chi connectivity index (χ1v) is 10.4. The van der Waals surface area contributed by atoms with Gasteiger partial charge in [0.25, 0.3) is 0 Å². The molecule has 2 aliphatic heterocycles. The van der Waals surface area contributed by atoms with Gasteiger partial charge in [0.1, 0.15) is 16.6 Å². The highest BCUT2D eigenvalue weighted by molar-refractivity contribution is 6.00. The summed E-state index contributed by atoms with van der Waals surface area (Å²) < 4.78 is 4.85. The van der Waals surface area contributed by atoms with Gasteiger partial charge < -0.3 is 19.4 Å². The van der Waals surface area contributed by atoms with Crippen LogP contribution in [0.4, 0.5) is 0 Å². The van der Waals surface area contributed by atoms with Crippen LogP contribution in [-0.2, 0) is 4.74 Å². The Morgan fingerprint density at radius 1 is 1.20 bits per heavy atom. The maximum atomic E-state index is 11.4. The Kier molecular flexibility index (Phi) is 7.40. The van der Waals surface area contributed by atoms with E-state index >= 15 is 0 Å². The summed E-state index contributed by atoms with van der Waals surface area (Å²) >= 11 is 0. The SMILES string of the molecule is CCN1CC=C(N2CCN(C)CC2)C=C1C.CCOC(=O)c1cncc2nn[nH]c12. The molecule has 4 heterocycles. The third-order valence-corrected chi connectivity index (χ3v) is 5.37. The molecule has 2 aromatic rings. The number of likely N-dealkylation sites (N-methyl/N-ethyl adjacent to an activating group) is 2. The number of allylic oxidation sites excluding steroid dienone is 2. The summed E-state index contributed by atoms with van der Waals surface area (Å²) in [4.78, 5) is 22.6. The van der Waals surface area contributed by atoms with Gasteiger partial charge in [0.15, 0.2) is 0 Å². The number of carbonyl (C=O) groups is 1. The number of ether oxygens (including phenoxy) is 1. The van der Waals surface area contributed by atoms with E-state index in [1.807, 2.05) is 0 Å². The first-order chi connectivity index (χ1) is 14.5. The fourth-order valence-electron chi connectivity index (χ4n) is 3.51. The summed E-state index contributed by atoms with van der Waals surface area (Å²) in [7, 11) is 2.20. The van der Waals surface area contributed by atoms with E-state index in [4.69, 9.17) is 4.74 Å². The Bertz CT molecular complexity index is 913. The van der Waals surface area contributed by atoms with Crippen molar-refractivity contribution in [3.63, 3.8) is 0 Å². The van der Waals surface area contributed by atoms with Gasteiger partial charge in [0, 0.05) is 56.9 Å². The van der Waals surface area contributed by atoms with Crippen LogP contribution < -0.4 is 0 Å². The molecule has 0 spiro atoms. The number of H-pyrrole nitrogens is 1. The van der Waals surface area contributed by atoms with Gasteiger partial charge in [-0.3, -0.25) is 10.1 Å². The van der Waals surface area contributed by atoms with E-state index in [1.165, 1.54) is 36.9 Å². The number of esters is 1. The molecule has 0 amide bonds. The lowest BCUT2D eigenvalue weighted by Gasteiger charge is -2.37. The molecule has 0 aromatic carbocycles. The molecule has 2 aromatic heterocycles. The molecule has 1 saturated heterocycles. The summed E-state index contributed by atoms with van der Waals surface area (Å²) in [6.07, 6.45) is 7.65. The predicted octanol–water partition coefficient (Wildman–Crippen LogP) is 1.89. The topological polar surface area (TPSA) is 90.5 Å². The standard InChI is InChI=1S/C13H23N3.C8H8N4O2/c1-4-15-6-5-13(11-12(15)2)16-9-7-14(3)8-10-16;1-2-14-8(13)5-3-9-4-6-7(5)11-12-10-6/h5,11H,4,6-10H2,1-3H3;3-4H,2H2,1H3,(H,10,11,12). The van der Waals surface area contributed by atoms with Gasteiger partial charge in [-0.25, -0.2) is 4.79 Å². The highest BCUT2D eigenvalue weighted by Crippen LogP contribution is 2.18. The number of hydrogen-bond donors (Lipinski definition) is 1. The van der Waals surface area contributed by atoms with Crippen molar-refractivity contribution >= 4 is 17.0 Å². The zero-order chi connectivity index (χ0) is 21.5. The number of aromatic nitrogens is 4. The Morgan fingerprint density at radius 3 is 2.63 bits per heavy atom. The van der Waals surface area contributed by atoms with Gasteiger partial charge in [0.05, 0.1) is 12.8 Å². The highest BCUT2D eigenvalue weighted by atomic mass is 16.5. The van der Waals surface area contributed by atoms with Gasteiger partial charge in [0.2, 0.25) is 0 Å². The van der Waals surface area contributed by atoms with Gasteiger partial charge >= 0.3 is 5.97 Å². The van der Waals surface area contributed by atoms with Crippen LogP contribution in [-0.4, -0.2) is 94.0 Å². The summed E-state index contributed by atoms with van der Waals surface area (Å²) in [5.41, 5.74) is 4.29. The fraction of sp³-hybridized carbons (Fsp3) is 0.524. The summed E-state index contributed by atoms with van der Waals surface area (Å²) in [6, 6.07) is 0. The molecular formula is C21H31N7O2. The molecule has 162 valence electrons. The Labute approximate surface area is 177 Å². The summed E-state index contributed by atoms with van der Waals surface area (Å²) in [5.74, 6) is -0.420. The zero-order valence-electron chi connectivity index (χ0n) is 18.3. The maximum Gasteiger partial charge on any atom is 0.341 e. The van der Waals surface area contributed by atoms with Gasteiger partial charge in [-0.05, 0) is 40.0 Å². The number of hydrogen-bond acceptors (Lipinski definition) is 8. The fourth-order valence-corrected chi connectivity index (χ4v) is 3.51. The maximum absolute atomic E-state index is 11.4. The molecule has 0 saturated carbocycles. The number of fused-ring (bicyclic) bond motifs is 1. The minimum absolute atomic E-state index is 0.330. The average molecular weight is 414 g/mol. The largest absolute Gasteiger partial charge is 0.462 e. The van der Waals surface area contributed by atoms with Crippen LogP contribution in [0.3, 0.4) is 0 Å². The minimum Gasteiger partial charge on any atom is -0.462 e. The predicted molar refractivity (Wildman–Crippen MR) is 116 cm³/mol. The van der Waals surface area contributed by atoms with Crippen LogP contribution in [0.15, 0.2) is 35.9 Å². The van der Waals surface area contributed by atoms with E-state index in [9.17, 15) is 4.79 Å². The van der Waals surface area contributed by atoms with E-state index in [1.54, 1.807) is 6.92 Å². The van der Waals surface area contributed by atoms with Crippen molar-refractivity contribution in [2.24, 2.45) is 0 Å². The molecule has 0 unspecified atom stereocenters. The molecule has 2 aliphatic rings. The molecule has 0 bridgehead atoms. The number of carbonyl (C=O) groups excluding carboxylic acids is 1. The lowest BCUT2D eigenvalue weighted by molar-refractivity contribution is 0.0528. The molecule has 0 aliphatic carbocycles. The number of pyridine rings is 1. The van der Waals surface area contributed by atoms with Crippen LogP contribution in [0.5, 0.6) is 0 Å². The van der Waals surface area contributed by atoms with Crippen molar-refractivity contribution in [2.75, 3.05) is 52.9 Å². The second-order valence-electron chi connectivity index (χ2n) is 7.36. The quantitative estimate of drug-likeness (QED) is 0.760. The number of rotatable bonds is 4. The van der Waals surface area contributed by atoms with E-state index in [-0.39, 0.29) is 0 Å². The van der Waals surface area contributed by atoms with E-state index in [0.29, 0.717) is 23.2 Å². The zero-order valence-corrected chi connectivity index (χ0v) is 18.3. The Hall–Kier alpha value is -2.94. The first kappa shape index (κ1) is 21.8. The van der Waals surface area contributed by atoms with E-state index < -0.39 is 5.97 Å². The van der Waals surface area contributed by atoms with Crippen molar-refractivity contribution in [3.05, 3.63) is 41.5 Å². The Balaban J connectivity index is 0.000000172. The minimum atomic E-state index is -0.420. The molecule has 0 radical (unpaired) electrons. The number of aromatic amines is 1. The van der Waals surface area contributed by atoms with Crippen molar-refractivity contribution in [1.29, 1.82) is 0 Å². The normalized spacial score (nSPS) is 17.2. The highest BCUT2D eigenvalue weighted by Gasteiger charge is 2.18. The second kappa shape index (κ2) is 10.2. The van der Waals surface area contributed by atoms with E-state index in [0.717, 1.165) is 26.2 Å². The molecular weight excluding hydrogens is 382 g/mol.